The summed E-state index contributed by atoms with van der Waals surface area (Å²) in [6, 6.07) is 10.4. The molecule has 38 heavy (non-hydrogen) atoms. The number of amides is 1. The lowest BCUT2D eigenvalue weighted by Gasteiger charge is -2.15. The van der Waals surface area contributed by atoms with Gasteiger partial charge in [-0.25, -0.2) is 4.39 Å². The number of methoxy groups -OCH3 is 3. The Hall–Kier alpha value is -4.11. The molecule has 0 atom stereocenters. The van der Waals surface area contributed by atoms with Gasteiger partial charge in [0.15, 0.2) is 11.0 Å². The molecular formula is C29H31FN2O6. The number of unbranched alkanes of at least 4 members (excludes halogenated alkanes) is 3. The van der Waals surface area contributed by atoms with Crippen LogP contribution < -0.4 is 30.7 Å². The second-order valence-electron chi connectivity index (χ2n) is 8.88. The first kappa shape index (κ1) is 26.9. The van der Waals surface area contributed by atoms with Crippen LogP contribution in [-0.2, 0) is 4.79 Å². The molecule has 1 heterocycles. The third-order valence-electron chi connectivity index (χ3n) is 6.35. The summed E-state index contributed by atoms with van der Waals surface area (Å²) in [7, 11) is 4.53. The highest BCUT2D eigenvalue weighted by molar-refractivity contribution is 6.13. The van der Waals surface area contributed by atoms with E-state index in [4.69, 9.17) is 24.4 Å². The monoisotopic (exact) mass is 522 g/mol. The molecular weight excluding hydrogens is 491 g/mol. The van der Waals surface area contributed by atoms with E-state index in [1.165, 1.54) is 39.5 Å². The molecule has 0 aliphatic rings. The van der Waals surface area contributed by atoms with Crippen LogP contribution in [0.4, 0.5) is 10.1 Å². The summed E-state index contributed by atoms with van der Waals surface area (Å²) in [6.07, 6.45) is 3.82. The summed E-state index contributed by atoms with van der Waals surface area (Å²) in [4.78, 5) is 25.6. The zero-order chi connectivity index (χ0) is 27.2. The van der Waals surface area contributed by atoms with Crippen LogP contribution in [0.2, 0.25) is 0 Å². The molecule has 0 saturated carbocycles. The summed E-state index contributed by atoms with van der Waals surface area (Å²) in [5.41, 5.74) is 5.96. The van der Waals surface area contributed by atoms with E-state index in [9.17, 15) is 14.0 Å². The van der Waals surface area contributed by atoms with E-state index in [2.05, 4.69) is 5.32 Å². The number of hydrogen-bond acceptors (Lipinski definition) is 7. The van der Waals surface area contributed by atoms with Gasteiger partial charge in [0.1, 0.15) is 28.8 Å². The molecule has 0 aliphatic heterocycles. The number of nitrogens with two attached hydrogens (primary N) is 1. The first-order valence-corrected chi connectivity index (χ1v) is 12.4. The van der Waals surface area contributed by atoms with Crippen molar-refractivity contribution in [3.8, 4) is 28.6 Å². The van der Waals surface area contributed by atoms with Crippen molar-refractivity contribution in [2.75, 3.05) is 33.2 Å². The van der Waals surface area contributed by atoms with E-state index in [0.29, 0.717) is 46.6 Å². The molecule has 0 spiro atoms. The minimum atomic E-state index is -0.581. The summed E-state index contributed by atoms with van der Waals surface area (Å²) in [6.45, 7) is 0.632. The summed E-state index contributed by atoms with van der Waals surface area (Å²) < 4.78 is 37.5. The Labute approximate surface area is 219 Å². The van der Waals surface area contributed by atoms with E-state index in [-0.39, 0.29) is 33.8 Å². The largest absolute Gasteiger partial charge is 0.496 e. The Morgan fingerprint density at radius 2 is 1.58 bits per heavy atom. The van der Waals surface area contributed by atoms with Crippen LogP contribution in [0.1, 0.15) is 32.1 Å². The molecule has 0 bridgehead atoms. The molecule has 0 saturated heterocycles. The molecule has 0 unspecified atom stereocenters. The fourth-order valence-corrected chi connectivity index (χ4v) is 4.52. The Morgan fingerprint density at radius 3 is 2.26 bits per heavy atom. The SMILES string of the molecule is COc1ccc(OC)c2c1c(OC)cc1c(=O)cc(-c3cc(F)cc(NC(=O)CCCCCCN)c3)oc12. The average Bonchev–Trinajstić information content (AvgIpc) is 2.91. The van der Waals surface area contributed by atoms with E-state index in [1.54, 1.807) is 24.3 Å². The number of carbonyl (C=O) groups excluding carboxylic acids is 1. The third kappa shape index (κ3) is 5.57. The van der Waals surface area contributed by atoms with Gasteiger partial charge in [-0.05, 0) is 55.8 Å². The molecule has 200 valence electrons. The van der Waals surface area contributed by atoms with Gasteiger partial charge in [0.2, 0.25) is 5.91 Å². The van der Waals surface area contributed by atoms with Gasteiger partial charge in [0.05, 0.1) is 37.5 Å². The number of rotatable bonds is 11. The summed E-state index contributed by atoms with van der Waals surface area (Å²) >= 11 is 0. The number of fused-ring (bicyclic) bond motifs is 3. The molecule has 1 amide bonds. The molecule has 0 radical (unpaired) electrons. The lowest BCUT2D eigenvalue weighted by atomic mass is 10.0. The van der Waals surface area contributed by atoms with Gasteiger partial charge < -0.3 is 29.7 Å². The Bertz CT molecular complexity index is 1530. The van der Waals surface area contributed by atoms with Crippen LogP contribution in [0.15, 0.2) is 51.7 Å². The predicted molar refractivity (Wildman–Crippen MR) is 146 cm³/mol. The van der Waals surface area contributed by atoms with E-state index in [0.717, 1.165) is 25.7 Å². The molecule has 0 aliphatic carbocycles. The van der Waals surface area contributed by atoms with Gasteiger partial charge in [-0.1, -0.05) is 12.8 Å². The van der Waals surface area contributed by atoms with Crippen LogP contribution in [0.3, 0.4) is 0 Å². The number of benzene rings is 3. The lowest BCUT2D eigenvalue weighted by Crippen LogP contribution is -2.11. The quantitative estimate of drug-likeness (QED) is 0.194. The first-order chi connectivity index (χ1) is 18.4. The van der Waals surface area contributed by atoms with Crippen LogP contribution in [-0.4, -0.2) is 33.8 Å². The Balaban J connectivity index is 1.78. The van der Waals surface area contributed by atoms with E-state index in [1.807, 2.05) is 0 Å². The van der Waals surface area contributed by atoms with Crippen LogP contribution in [0.5, 0.6) is 17.2 Å². The van der Waals surface area contributed by atoms with Gasteiger partial charge in [0, 0.05) is 23.7 Å². The standard InChI is InChI=1S/C29H31FN2O6/c1-35-22-9-10-23(36-2)28-27(22)25(37-3)15-20-21(33)16-24(38-29(20)28)17-12-18(30)14-19(13-17)32-26(34)8-6-4-5-7-11-31/h9-10,12-16H,4-8,11,31H2,1-3H3,(H,32,34). The number of ether oxygens (including phenoxy) is 3. The summed E-state index contributed by atoms with van der Waals surface area (Å²) in [5, 5.41) is 4.06. The fraction of sp³-hybridized carbons (Fsp3) is 0.310. The van der Waals surface area contributed by atoms with Crippen molar-refractivity contribution in [1.82, 2.24) is 0 Å². The molecule has 4 aromatic rings. The highest BCUT2D eigenvalue weighted by Crippen LogP contribution is 2.44. The summed E-state index contributed by atoms with van der Waals surface area (Å²) in [5.74, 6) is 0.708. The van der Waals surface area contributed by atoms with Crippen molar-refractivity contribution < 1.29 is 27.8 Å². The topological polar surface area (TPSA) is 113 Å². The molecule has 4 rings (SSSR count). The molecule has 1 aromatic heterocycles. The van der Waals surface area contributed by atoms with E-state index < -0.39 is 5.82 Å². The van der Waals surface area contributed by atoms with Gasteiger partial charge >= 0.3 is 0 Å². The second kappa shape index (κ2) is 12.0. The first-order valence-electron chi connectivity index (χ1n) is 12.4. The van der Waals surface area contributed by atoms with Gasteiger partial charge in [0.25, 0.3) is 0 Å². The van der Waals surface area contributed by atoms with Crippen molar-refractivity contribution >= 4 is 33.3 Å². The third-order valence-corrected chi connectivity index (χ3v) is 6.35. The number of halogens is 1. The van der Waals surface area contributed by atoms with E-state index >= 15 is 0 Å². The minimum absolute atomic E-state index is 0.135. The molecule has 9 heteroatoms. The molecule has 3 N–H and O–H groups in total. The Kier molecular flexibility index (Phi) is 8.48. The molecule has 0 fully saturated rings. The van der Waals surface area contributed by atoms with Crippen molar-refractivity contribution in [3.05, 3.63) is 58.5 Å². The molecule has 8 nitrogen and oxygen atoms in total. The van der Waals surface area contributed by atoms with Gasteiger partial charge in [-0.3, -0.25) is 9.59 Å². The van der Waals surface area contributed by atoms with Gasteiger partial charge in [-0.2, -0.15) is 0 Å². The van der Waals surface area contributed by atoms with Gasteiger partial charge in [-0.15, -0.1) is 0 Å². The van der Waals surface area contributed by atoms with Crippen molar-refractivity contribution in [2.24, 2.45) is 5.73 Å². The lowest BCUT2D eigenvalue weighted by molar-refractivity contribution is -0.116. The highest BCUT2D eigenvalue weighted by atomic mass is 19.1. The zero-order valence-electron chi connectivity index (χ0n) is 21.7. The van der Waals surface area contributed by atoms with Crippen LogP contribution in [0.25, 0.3) is 33.1 Å². The number of hydrogen-bond donors (Lipinski definition) is 2. The predicted octanol–water partition coefficient (Wildman–Crippen LogP) is 5.63. The highest BCUT2D eigenvalue weighted by Gasteiger charge is 2.21. The maximum Gasteiger partial charge on any atom is 0.224 e. The zero-order valence-corrected chi connectivity index (χ0v) is 21.7. The van der Waals surface area contributed by atoms with Crippen molar-refractivity contribution in [3.63, 3.8) is 0 Å². The van der Waals surface area contributed by atoms with Crippen molar-refractivity contribution in [2.45, 2.75) is 32.1 Å². The number of nitrogens with one attached hydrogen (secondary N) is 1. The van der Waals surface area contributed by atoms with Crippen LogP contribution >= 0.6 is 0 Å². The second-order valence-corrected chi connectivity index (χ2v) is 8.88. The average molecular weight is 523 g/mol. The molecule has 3 aromatic carbocycles. The number of carbonyl (C=O) groups is 1. The van der Waals surface area contributed by atoms with Crippen LogP contribution in [0, 0.1) is 5.82 Å². The maximum absolute atomic E-state index is 14.6. The smallest absolute Gasteiger partial charge is 0.224 e. The maximum atomic E-state index is 14.6. The minimum Gasteiger partial charge on any atom is -0.496 e. The van der Waals surface area contributed by atoms with Crippen molar-refractivity contribution in [1.29, 1.82) is 0 Å². The Morgan fingerprint density at radius 1 is 0.895 bits per heavy atom. The fourth-order valence-electron chi connectivity index (χ4n) is 4.52. The number of anilines is 1. The normalized spacial score (nSPS) is 11.1.